The molecule has 1 aliphatic heterocycles. The molecule has 0 atom stereocenters. The van der Waals surface area contributed by atoms with Crippen LogP contribution in [0.25, 0.3) is 11.3 Å². The molecule has 0 amide bonds. The molecule has 7 nitrogen and oxygen atoms in total. The van der Waals surface area contributed by atoms with E-state index in [1.54, 1.807) is 0 Å². The predicted octanol–water partition coefficient (Wildman–Crippen LogP) is 2.13. The average molecular weight is 338 g/mol. The van der Waals surface area contributed by atoms with E-state index in [4.69, 9.17) is 4.74 Å². The number of likely N-dealkylation sites (tertiary alicyclic amines) is 1. The number of aromatic nitrogens is 5. The molecule has 1 saturated heterocycles. The van der Waals surface area contributed by atoms with E-state index in [1.807, 2.05) is 60.0 Å². The Hall–Kier alpha value is -2.67. The van der Waals surface area contributed by atoms with E-state index in [1.165, 1.54) is 5.69 Å². The van der Waals surface area contributed by atoms with E-state index in [9.17, 15) is 0 Å². The molecule has 0 unspecified atom stereocenters. The van der Waals surface area contributed by atoms with Crippen molar-refractivity contribution < 1.29 is 4.74 Å². The minimum atomic E-state index is 0.386. The van der Waals surface area contributed by atoms with E-state index >= 15 is 0 Å². The van der Waals surface area contributed by atoms with Crippen molar-refractivity contribution in [3.63, 3.8) is 0 Å². The van der Waals surface area contributed by atoms with Gasteiger partial charge in [0.15, 0.2) is 0 Å². The summed E-state index contributed by atoms with van der Waals surface area (Å²) in [4.78, 5) is 2.39. The number of ether oxygens (including phenoxy) is 1. The van der Waals surface area contributed by atoms with Gasteiger partial charge in [-0.05, 0) is 37.3 Å². The monoisotopic (exact) mass is 338 g/mol. The van der Waals surface area contributed by atoms with Crippen LogP contribution in [0.2, 0.25) is 0 Å². The van der Waals surface area contributed by atoms with Gasteiger partial charge in [-0.3, -0.25) is 9.58 Å². The molecule has 1 fully saturated rings. The SMILES string of the molecule is CCOc1ccc(-c2cn(C3CN(Cc4ccnn4C)C3)nn2)cc1. The van der Waals surface area contributed by atoms with Gasteiger partial charge in [0.05, 0.1) is 24.5 Å². The van der Waals surface area contributed by atoms with Crippen molar-refractivity contribution in [2.75, 3.05) is 19.7 Å². The maximum atomic E-state index is 5.48. The highest BCUT2D eigenvalue weighted by Crippen LogP contribution is 2.25. The molecule has 0 spiro atoms. The number of hydrogen-bond donors (Lipinski definition) is 0. The summed E-state index contributed by atoms with van der Waals surface area (Å²) in [6.07, 6.45) is 3.87. The Morgan fingerprint density at radius 3 is 2.64 bits per heavy atom. The zero-order chi connectivity index (χ0) is 17.2. The molecule has 0 radical (unpaired) electrons. The highest BCUT2D eigenvalue weighted by atomic mass is 16.5. The fraction of sp³-hybridized carbons (Fsp3) is 0.389. The molecule has 0 aliphatic carbocycles. The van der Waals surface area contributed by atoms with Gasteiger partial charge in [-0.25, -0.2) is 4.68 Å². The standard InChI is InChI=1S/C18H22N6O/c1-3-25-17-6-4-14(5-7-17)18-13-24(21-20-18)16-11-23(12-16)10-15-8-9-19-22(15)2/h4-9,13,16H,3,10-12H2,1-2H3. The van der Waals surface area contributed by atoms with Gasteiger partial charge in [0, 0.05) is 38.4 Å². The van der Waals surface area contributed by atoms with Crippen LogP contribution in [-0.4, -0.2) is 49.4 Å². The second-order valence-electron chi connectivity index (χ2n) is 6.34. The van der Waals surface area contributed by atoms with Crippen molar-refractivity contribution in [3.8, 4) is 17.0 Å². The molecule has 0 saturated carbocycles. The molecule has 130 valence electrons. The minimum Gasteiger partial charge on any atom is -0.494 e. The number of nitrogens with zero attached hydrogens (tertiary/aromatic N) is 6. The van der Waals surface area contributed by atoms with Gasteiger partial charge in [0.2, 0.25) is 0 Å². The molecule has 1 aromatic carbocycles. The summed E-state index contributed by atoms with van der Waals surface area (Å²) in [5, 5.41) is 12.8. The Balaban J connectivity index is 1.37. The van der Waals surface area contributed by atoms with Crippen LogP contribution in [0.15, 0.2) is 42.7 Å². The first-order chi connectivity index (χ1) is 12.2. The molecule has 7 heteroatoms. The fourth-order valence-corrected chi connectivity index (χ4v) is 3.10. The second-order valence-corrected chi connectivity index (χ2v) is 6.34. The largest absolute Gasteiger partial charge is 0.494 e. The maximum absolute atomic E-state index is 5.48. The summed E-state index contributed by atoms with van der Waals surface area (Å²) < 4.78 is 9.38. The summed E-state index contributed by atoms with van der Waals surface area (Å²) in [7, 11) is 1.98. The van der Waals surface area contributed by atoms with E-state index in [0.717, 1.165) is 36.6 Å². The highest BCUT2D eigenvalue weighted by Gasteiger charge is 2.29. The third kappa shape index (κ3) is 3.28. The molecule has 3 heterocycles. The van der Waals surface area contributed by atoms with E-state index in [-0.39, 0.29) is 0 Å². The van der Waals surface area contributed by atoms with Crippen molar-refractivity contribution in [1.82, 2.24) is 29.7 Å². The Labute approximate surface area is 146 Å². The van der Waals surface area contributed by atoms with Gasteiger partial charge in [-0.15, -0.1) is 5.10 Å². The first kappa shape index (κ1) is 15.8. The lowest BCUT2D eigenvalue weighted by Gasteiger charge is -2.38. The third-order valence-electron chi connectivity index (χ3n) is 4.59. The van der Waals surface area contributed by atoms with Crippen LogP contribution in [0.5, 0.6) is 5.75 Å². The van der Waals surface area contributed by atoms with Gasteiger partial charge >= 0.3 is 0 Å². The molecular weight excluding hydrogens is 316 g/mol. The molecule has 25 heavy (non-hydrogen) atoms. The average Bonchev–Trinajstić information content (AvgIpc) is 3.21. The normalized spacial score (nSPS) is 15.3. The van der Waals surface area contributed by atoms with Gasteiger partial charge in [-0.1, -0.05) is 5.21 Å². The molecule has 0 bridgehead atoms. The maximum Gasteiger partial charge on any atom is 0.119 e. The van der Waals surface area contributed by atoms with Crippen LogP contribution in [0.4, 0.5) is 0 Å². The van der Waals surface area contributed by atoms with Gasteiger partial charge < -0.3 is 4.74 Å². The Morgan fingerprint density at radius 1 is 1.16 bits per heavy atom. The quantitative estimate of drug-likeness (QED) is 0.689. The summed E-state index contributed by atoms with van der Waals surface area (Å²) in [6.45, 7) is 5.55. The summed E-state index contributed by atoms with van der Waals surface area (Å²) >= 11 is 0. The van der Waals surface area contributed by atoms with Gasteiger partial charge in [0.25, 0.3) is 0 Å². The number of benzene rings is 1. The van der Waals surface area contributed by atoms with Crippen molar-refractivity contribution >= 4 is 0 Å². The lowest BCUT2D eigenvalue weighted by Crippen LogP contribution is -2.47. The molecule has 3 aromatic rings. The summed E-state index contributed by atoms with van der Waals surface area (Å²) in [5.74, 6) is 0.878. The topological polar surface area (TPSA) is 61.0 Å². The van der Waals surface area contributed by atoms with Crippen molar-refractivity contribution in [2.24, 2.45) is 7.05 Å². The molecule has 4 rings (SSSR count). The Morgan fingerprint density at radius 2 is 1.96 bits per heavy atom. The van der Waals surface area contributed by atoms with Crippen LogP contribution in [0.1, 0.15) is 18.7 Å². The zero-order valence-electron chi connectivity index (χ0n) is 14.5. The highest BCUT2D eigenvalue weighted by molar-refractivity contribution is 5.58. The molecule has 0 N–H and O–H groups in total. The second kappa shape index (κ2) is 6.68. The number of aryl methyl sites for hydroxylation is 1. The zero-order valence-corrected chi connectivity index (χ0v) is 14.5. The van der Waals surface area contributed by atoms with E-state index < -0.39 is 0 Å². The summed E-state index contributed by atoms with van der Waals surface area (Å²) in [6, 6.07) is 10.4. The first-order valence-electron chi connectivity index (χ1n) is 8.57. The third-order valence-corrected chi connectivity index (χ3v) is 4.59. The Bertz CT molecular complexity index is 831. The van der Waals surface area contributed by atoms with E-state index in [0.29, 0.717) is 12.6 Å². The van der Waals surface area contributed by atoms with Crippen LogP contribution < -0.4 is 4.74 Å². The van der Waals surface area contributed by atoms with Gasteiger partial charge in [0.1, 0.15) is 11.4 Å². The van der Waals surface area contributed by atoms with Gasteiger partial charge in [-0.2, -0.15) is 5.10 Å². The van der Waals surface area contributed by atoms with Crippen molar-refractivity contribution in [3.05, 3.63) is 48.4 Å². The molecule has 1 aliphatic rings. The smallest absolute Gasteiger partial charge is 0.119 e. The predicted molar refractivity (Wildman–Crippen MR) is 94.1 cm³/mol. The lowest BCUT2D eigenvalue weighted by atomic mass is 10.1. The van der Waals surface area contributed by atoms with Crippen LogP contribution >= 0.6 is 0 Å². The van der Waals surface area contributed by atoms with Crippen LogP contribution in [0.3, 0.4) is 0 Å². The first-order valence-corrected chi connectivity index (χ1v) is 8.57. The number of hydrogen-bond acceptors (Lipinski definition) is 5. The molecule has 2 aromatic heterocycles. The van der Waals surface area contributed by atoms with Crippen LogP contribution in [0, 0.1) is 0 Å². The van der Waals surface area contributed by atoms with Crippen molar-refractivity contribution in [1.29, 1.82) is 0 Å². The Kier molecular flexibility index (Phi) is 4.23. The lowest BCUT2D eigenvalue weighted by molar-refractivity contribution is 0.0870. The summed E-state index contributed by atoms with van der Waals surface area (Å²) in [5.41, 5.74) is 3.18. The van der Waals surface area contributed by atoms with Crippen LogP contribution in [-0.2, 0) is 13.6 Å². The van der Waals surface area contributed by atoms with E-state index in [2.05, 4.69) is 26.4 Å². The number of rotatable bonds is 6. The van der Waals surface area contributed by atoms with Crippen molar-refractivity contribution in [2.45, 2.75) is 19.5 Å². The molecular formula is C18H22N6O. The fourth-order valence-electron chi connectivity index (χ4n) is 3.10. The minimum absolute atomic E-state index is 0.386.